The van der Waals surface area contributed by atoms with Crippen molar-refractivity contribution in [3.05, 3.63) is 94.4 Å². The number of amides is 2. The van der Waals surface area contributed by atoms with Gasteiger partial charge < -0.3 is 52.6 Å². The molecule has 1 aliphatic carbocycles. The van der Waals surface area contributed by atoms with Gasteiger partial charge >= 0.3 is 5.97 Å². The number of aromatic nitrogens is 2. The number of carboxylic acid groups (broad SMARTS) is 1. The van der Waals surface area contributed by atoms with E-state index < -0.39 is 17.4 Å². The van der Waals surface area contributed by atoms with Gasteiger partial charge in [-0.25, -0.2) is 9.78 Å². The molecule has 4 heterocycles. The van der Waals surface area contributed by atoms with E-state index in [2.05, 4.69) is 39.2 Å². The lowest BCUT2D eigenvalue weighted by Gasteiger charge is -2.42. The zero-order valence-corrected chi connectivity index (χ0v) is 28.2. The van der Waals surface area contributed by atoms with Gasteiger partial charge in [-0.1, -0.05) is 42.5 Å². The Morgan fingerprint density at radius 2 is 1.84 bits per heavy atom. The third-order valence-corrected chi connectivity index (χ3v) is 9.63. The zero-order chi connectivity index (χ0) is 32.4. The van der Waals surface area contributed by atoms with Crippen LogP contribution in [-0.4, -0.2) is 117 Å². The quantitative estimate of drug-likeness (QED) is 0.219. The summed E-state index contributed by atoms with van der Waals surface area (Å²) in [6, 6.07) is 13.5. The molecule has 2 aliphatic heterocycles. The number of anilines is 1. The fraction of sp³-hybridized carbons (Fsp3) is 0.400. The number of piperidine rings is 1. The van der Waals surface area contributed by atoms with E-state index in [9.17, 15) is 19.5 Å². The van der Waals surface area contributed by atoms with Gasteiger partial charge in [-0.05, 0) is 55.6 Å². The van der Waals surface area contributed by atoms with Gasteiger partial charge in [-0.3, -0.25) is 14.6 Å². The third-order valence-electron chi connectivity index (χ3n) is 9.63. The highest BCUT2D eigenvalue weighted by Crippen LogP contribution is 2.46. The van der Waals surface area contributed by atoms with Crippen LogP contribution in [0.5, 0.6) is 0 Å². The molecule has 1 saturated heterocycles. The number of aromatic carboxylic acids is 1. The van der Waals surface area contributed by atoms with Gasteiger partial charge in [0.05, 0.1) is 30.2 Å². The number of nitrogens with two attached hydrogens (primary N) is 1. The minimum atomic E-state index is -1.04. The van der Waals surface area contributed by atoms with Crippen LogP contribution in [0.2, 0.25) is 0 Å². The molecule has 3 aliphatic rings. The minimum absolute atomic E-state index is 0. The van der Waals surface area contributed by atoms with Gasteiger partial charge in [0.25, 0.3) is 0 Å². The summed E-state index contributed by atoms with van der Waals surface area (Å²) in [4.78, 5) is 50.4. The van der Waals surface area contributed by atoms with Crippen molar-refractivity contribution in [1.82, 2.24) is 19.8 Å². The summed E-state index contributed by atoms with van der Waals surface area (Å²) in [6.07, 6.45) is 8.34. The number of ether oxygens (including phenoxy) is 1. The molecule has 272 valence electrons. The molecular formula is C35H48N6O9. The predicted molar refractivity (Wildman–Crippen MR) is 188 cm³/mol. The molecule has 0 bridgehead atoms. The first-order valence-electron chi connectivity index (χ1n) is 15.7. The molecule has 3 aromatic rings. The lowest BCUT2D eigenvalue weighted by molar-refractivity contribution is -0.138. The van der Waals surface area contributed by atoms with Crippen molar-refractivity contribution in [3.8, 4) is 0 Å². The predicted octanol–water partition coefficient (Wildman–Crippen LogP) is -0.442. The summed E-state index contributed by atoms with van der Waals surface area (Å²) in [5, 5.41) is 12.3. The second kappa shape index (κ2) is 17.4. The molecule has 0 radical (unpaired) electrons. The van der Waals surface area contributed by atoms with Crippen molar-refractivity contribution < 1.29 is 46.1 Å². The van der Waals surface area contributed by atoms with Gasteiger partial charge in [0.15, 0.2) is 0 Å². The van der Waals surface area contributed by atoms with Gasteiger partial charge in [0, 0.05) is 61.7 Å². The minimum Gasteiger partial charge on any atom is -0.478 e. The van der Waals surface area contributed by atoms with E-state index >= 15 is 0 Å². The molecule has 1 aromatic carbocycles. The Hall–Kier alpha value is -4.61. The second-order valence-electron chi connectivity index (χ2n) is 12.6. The first-order chi connectivity index (χ1) is 22.2. The van der Waals surface area contributed by atoms with Gasteiger partial charge in [-0.15, -0.1) is 0 Å². The monoisotopic (exact) mass is 696 g/mol. The molecule has 12 N–H and O–H groups in total. The van der Waals surface area contributed by atoms with Gasteiger partial charge in [0.1, 0.15) is 5.82 Å². The van der Waals surface area contributed by atoms with Crippen LogP contribution in [-0.2, 0) is 32.6 Å². The van der Waals surface area contributed by atoms with Crippen LogP contribution in [0.15, 0.2) is 60.9 Å². The Kier molecular flexibility index (Phi) is 14.4. The number of benzene rings is 1. The number of likely N-dealkylation sites (N-methyl/N-ethyl adjacent to an activating group) is 1. The number of likely N-dealkylation sites (tertiary alicyclic amines) is 1. The van der Waals surface area contributed by atoms with E-state index in [-0.39, 0.29) is 51.2 Å². The first-order valence-corrected chi connectivity index (χ1v) is 15.7. The Morgan fingerprint density at radius 1 is 1.10 bits per heavy atom. The van der Waals surface area contributed by atoms with Crippen LogP contribution >= 0.6 is 0 Å². The van der Waals surface area contributed by atoms with Crippen LogP contribution in [0.25, 0.3) is 6.08 Å². The highest BCUT2D eigenvalue weighted by Gasteiger charge is 2.52. The van der Waals surface area contributed by atoms with Crippen molar-refractivity contribution >= 4 is 29.7 Å². The molecule has 2 amide bonds. The van der Waals surface area contributed by atoms with E-state index in [1.807, 2.05) is 48.4 Å². The number of nitrogens with zero attached hydrogens (tertiary/aromatic N) is 4. The first kappa shape index (κ1) is 41.6. The number of hydrogen-bond acceptors (Lipinski definition) is 8. The fourth-order valence-corrected chi connectivity index (χ4v) is 6.96. The van der Waals surface area contributed by atoms with E-state index in [1.165, 1.54) is 11.8 Å². The molecule has 50 heavy (non-hydrogen) atoms. The van der Waals surface area contributed by atoms with Crippen LogP contribution in [0, 0.1) is 0 Å². The number of carbonyl (C=O) groups excluding carboxylic acids is 2. The number of nitrogens with one attached hydrogen (secondary N) is 1. The number of pyridine rings is 2. The summed E-state index contributed by atoms with van der Waals surface area (Å²) < 4.78 is 5.86. The molecule has 0 saturated carbocycles. The Labute approximate surface area is 290 Å². The maximum atomic E-state index is 13.1. The maximum Gasteiger partial charge on any atom is 0.337 e. The molecule has 15 heteroatoms. The second-order valence-corrected chi connectivity index (χ2v) is 12.6. The average Bonchev–Trinajstić information content (AvgIpc) is 3.57. The van der Waals surface area contributed by atoms with Crippen LogP contribution < -0.4 is 11.1 Å². The number of fused-ring (bicyclic) bond motifs is 3. The van der Waals surface area contributed by atoms with E-state index in [0.717, 1.165) is 28.9 Å². The summed E-state index contributed by atoms with van der Waals surface area (Å²) in [5.41, 5.74) is 9.91. The Balaban J connectivity index is 0.00000217. The van der Waals surface area contributed by atoms with Crippen molar-refractivity contribution in [2.24, 2.45) is 5.73 Å². The molecule has 3 unspecified atom stereocenters. The maximum absolute atomic E-state index is 13.1. The topological polar surface area (TPSA) is 277 Å². The van der Waals surface area contributed by atoms with E-state index in [0.29, 0.717) is 51.4 Å². The van der Waals surface area contributed by atoms with Crippen molar-refractivity contribution in [3.63, 3.8) is 0 Å². The molecule has 1 spiro atoms. The third kappa shape index (κ3) is 8.22. The van der Waals surface area contributed by atoms with E-state index in [4.69, 9.17) is 10.5 Å². The smallest absolute Gasteiger partial charge is 0.337 e. The Morgan fingerprint density at radius 3 is 2.56 bits per heavy atom. The number of carbonyl (C=O) groups is 3. The highest BCUT2D eigenvalue weighted by atomic mass is 16.5. The SMILES string of the molecule is CC1C(c2ccccc2)CC(N)C(=O)N1CCN(C)CCOC/C=C/c1cnc2c(c1)[C@@]1(Cc3cc(C(=O)O)cnc3C1)C(=O)N2.O.O.O.O. The normalized spacial score (nSPS) is 21.8. The standard InChI is InChI=1S/C35H40N6O5.4H2O/c1-22-27(24-8-4-3-5-9-24)17-29(36)32(42)41(22)11-10-40(2)12-14-46-13-6-7-23-15-28-31(38-20-23)39-34(45)35(28)18-25-16-26(33(43)44)21-37-30(25)19-35;;;;/h3-9,15-16,20-22,27,29H,10-14,17-19,36H2,1-2H3,(H,43,44)(H,38,39,45);4*1H2/b7-6+;;;;/t22?,27?,29?,35-;;;;/m0..../s1. The molecule has 15 nitrogen and oxygen atoms in total. The average molecular weight is 697 g/mol. The van der Waals surface area contributed by atoms with Crippen LogP contribution in [0.1, 0.15) is 57.6 Å². The zero-order valence-electron chi connectivity index (χ0n) is 28.2. The molecule has 6 rings (SSSR count). The summed E-state index contributed by atoms with van der Waals surface area (Å²) >= 11 is 0. The molecule has 4 atom stereocenters. The van der Waals surface area contributed by atoms with Crippen molar-refractivity contribution in [1.29, 1.82) is 0 Å². The lowest BCUT2D eigenvalue weighted by Crippen LogP contribution is -2.56. The highest BCUT2D eigenvalue weighted by molar-refractivity contribution is 6.06. The van der Waals surface area contributed by atoms with Crippen molar-refractivity contribution in [2.75, 3.05) is 45.2 Å². The Bertz CT molecular complexity index is 1670. The summed E-state index contributed by atoms with van der Waals surface area (Å²) in [6.45, 7) is 5.10. The fourth-order valence-electron chi connectivity index (χ4n) is 6.96. The van der Waals surface area contributed by atoms with Crippen LogP contribution in [0.4, 0.5) is 5.82 Å². The van der Waals surface area contributed by atoms with Gasteiger partial charge in [0.2, 0.25) is 11.8 Å². The lowest BCUT2D eigenvalue weighted by atomic mass is 9.79. The number of carboxylic acids is 1. The summed E-state index contributed by atoms with van der Waals surface area (Å²) in [5.74, 6) is -0.414. The van der Waals surface area contributed by atoms with Crippen molar-refractivity contribution in [2.45, 2.75) is 49.6 Å². The van der Waals surface area contributed by atoms with E-state index in [1.54, 1.807) is 12.3 Å². The molecular weight excluding hydrogens is 648 g/mol. The molecule has 1 fully saturated rings. The van der Waals surface area contributed by atoms with Crippen LogP contribution in [0.3, 0.4) is 0 Å². The summed E-state index contributed by atoms with van der Waals surface area (Å²) in [7, 11) is 2.02. The number of rotatable bonds is 11. The van der Waals surface area contributed by atoms with Gasteiger partial charge in [-0.2, -0.15) is 0 Å². The number of hydrogen-bond donors (Lipinski definition) is 3. The molecule has 2 aromatic heterocycles. The largest absolute Gasteiger partial charge is 0.478 e.